The van der Waals surface area contributed by atoms with Gasteiger partial charge in [0.25, 0.3) is 6.43 Å². The summed E-state index contributed by atoms with van der Waals surface area (Å²) >= 11 is 0. The summed E-state index contributed by atoms with van der Waals surface area (Å²) in [5.74, 6) is -0.484. The summed E-state index contributed by atoms with van der Waals surface area (Å²) in [5, 5.41) is 8.98. The molecule has 0 aliphatic heterocycles. The highest BCUT2D eigenvalue weighted by atomic mass is 19.3. The zero-order valence-corrected chi connectivity index (χ0v) is 10.8. The van der Waals surface area contributed by atoms with Gasteiger partial charge in [-0.1, -0.05) is 18.2 Å². The van der Waals surface area contributed by atoms with Crippen LogP contribution < -0.4 is 5.73 Å². The van der Waals surface area contributed by atoms with E-state index in [9.17, 15) is 13.2 Å². The van der Waals surface area contributed by atoms with E-state index in [0.29, 0.717) is 0 Å². The van der Waals surface area contributed by atoms with Crippen molar-refractivity contribution < 1.29 is 18.3 Å². The molecular formula is C13H19F3N2O. The zero-order valence-electron chi connectivity index (χ0n) is 10.8. The summed E-state index contributed by atoms with van der Waals surface area (Å²) in [7, 11) is 0. The van der Waals surface area contributed by atoms with Gasteiger partial charge in [-0.15, -0.1) is 0 Å². The molecule has 0 radical (unpaired) electrons. The minimum absolute atomic E-state index is 0.0187. The first-order valence-electron chi connectivity index (χ1n) is 6.10. The van der Waals surface area contributed by atoms with Crippen LogP contribution in [0, 0.1) is 5.82 Å². The Bertz CT molecular complexity index is 388. The van der Waals surface area contributed by atoms with E-state index in [1.165, 1.54) is 23.1 Å². The molecule has 0 saturated heterocycles. The summed E-state index contributed by atoms with van der Waals surface area (Å²) in [4.78, 5) is 1.31. The van der Waals surface area contributed by atoms with Gasteiger partial charge in [0.1, 0.15) is 5.82 Å². The molecule has 0 aromatic heterocycles. The summed E-state index contributed by atoms with van der Waals surface area (Å²) < 4.78 is 39.0. The maximum atomic E-state index is 13.8. The Hall–Kier alpha value is -1.11. The third kappa shape index (κ3) is 4.49. The van der Waals surface area contributed by atoms with Gasteiger partial charge in [-0.2, -0.15) is 0 Å². The van der Waals surface area contributed by atoms with Gasteiger partial charge in [0, 0.05) is 18.2 Å². The first-order chi connectivity index (χ1) is 8.97. The van der Waals surface area contributed by atoms with Gasteiger partial charge in [-0.25, -0.2) is 13.2 Å². The highest BCUT2D eigenvalue weighted by Crippen LogP contribution is 2.26. The van der Waals surface area contributed by atoms with Gasteiger partial charge in [0.15, 0.2) is 0 Å². The van der Waals surface area contributed by atoms with Crippen molar-refractivity contribution in [3.63, 3.8) is 0 Å². The van der Waals surface area contributed by atoms with Crippen LogP contribution in [-0.2, 0) is 0 Å². The largest absolute Gasteiger partial charge is 0.395 e. The maximum Gasteiger partial charge on any atom is 0.251 e. The molecule has 0 spiro atoms. The molecule has 2 atom stereocenters. The van der Waals surface area contributed by atoms with E-state index >= 15 is 0 Å². The molecular weight excluding hydrogens is 257 g/mol. The Morgan fingerprint density at radius 2 is 1.95 bits per heavy atom. The van der Waals surface area contributed by atoms with Gasteiger partial charge >= 0.3 is 0 Å². The molecule has 0 heterocycles. The fraction of sp³-hybridized carbons (Fsp3) is 0.538. The van der Waals surface area contributed by atoms with E-state index in [0.717, 1.165) is 0 Å². The van der Waals surface area contributed by atoms with Crippen molar-refractivity contribution in [3.05, 3.63) is 35.6 Å². The minimum Gasteiger partial charge on any atom is -0.395 e. The van der Waals surface area contributed by atoms with Crippen LogP contribution in [0.2, 0.25) is 0 Å². The first kappa shape index (κ1) is 15.9. The van der Waals surface area contributed by atoms with Crippen molar-refractivity contribution in [3.8, 4) is 0 Å². The van der Waals surface area contributed by atoms with Crippen LogP contribution in [0.1, 0.15) is 18.5 Å². The molecule has 1 aromatic carbocycles. The van der Waals surface area contributed by atoms with E-state index in [4.69, 9.17) is 10.8 Å². The van der Waals surface area contributed by atoms with Crippen LogP contribution in [-0.4, -0.2) is 42.2 Å². The van der Waals surface area contributed by atoms with Gasteiger partial charge in [0.2, 0.25) is 0 Å². The molecule has 0 amide bonds. The topological polar surface area (TPSA) is 49.5 Å². The number of aliphatic hydroxyl groups is 1. The minimum atomic E-state index is -2.57. The average Bonchev–Trinajstić information content (AvgIpc) is 2.31. The predicted octanol–water partition coefficient (Wildman–Crippen LogP) is 1.77. The number of hydrogen-bond donors (Lipinski definition) is 2. The van der Waals surface area contributed by atoms with Crippen LogP contribution in [0.4, 0.5) is 13.2 Å². The van der Waals surface area contributed by atoms with Crippen LogP contribution in [0.3, 0.4) is 0 Å². The molecule has 3 nitrogen and oxygen atoms in total. The summed E-state index contributed by atoms with van der Waals surface area (Å²) in [6.07, 6.45) is -2.57. The molecule has 0 fully saturated rings. The third-order valence-electron chi connectivity index (χ3n) is 2.88. The highest BCUT2D eigenvalue weighted by Gasteiger charge is 2.28. The van der Waals surface area contributed by atoms with E-state index < -0.39 is 30.9 Å². The molecule has 3 N–H and O–H groups in total. The smallest absolute Gasteiger partial charge is 0.251 e. The fourth-order valence-corrected chi connectivity index (χ4v) is 2.18. The van der Waals surface area contributed by atoms with Crippen molar-refractivity contribution in [1.29, 1.82) is 0 Å². The fourth-order valence-electron chi connectivity index (χ4n) is 2.18. The van der Waals surface area contributed by atoms with Crippen LogP contribution >= 0.6 is 0 Å². The van der Waals surface area contributed by atoms with Crippen LogP contribution in [0.25, 0.3) is 0 Å². The first-order valence-corrected chi connectivity index (χ1v) is 6.10. The second kappa shape index (κ2) is 7.47. The molecule has 2 unspecified atom stereocenters. The number of nitrogens with zero attached hydrogens (tertiary/aromatic N) is 1. The molecule has 0 saturated carbocycles. The number of hydrogen-bond acceptors (Lipinski definition) is 3. The second-order valence-electron chi connectivity index (χ2n) is 4.44. The Kier molecular flexibility index (Phi) is 6.27. The summed E-state index contributed by atoms with van der Waals surface area (Å²) in [6.45, 7) is 0.809. The van der Waals surface area contributed by atoms with Gasteiger partial charge in [0.05, 0.1) is 19.2 Å². The van der Waals surface area contributed by atoms with Crippen molar-refractivity contribution >= 4 is 0 Å². The number of nitrogens with two attached hydrogens (primary N) is 1. The van der Waals surface area contributed by atoms with Crippen molar-refractivity contribution in [2.24, 2.45) is 5.73 Å². The van der Waals surface area contributed by atoms with Crippen molar-refractivity contribution in [2.75, 3.05) is 19.7 Å². The van der Waals surface area contributed by atoms with E-state index in [2.05, 4.69) is 0 Å². The number of aliphatic hydroxyl groups excluding tert-OH is 1. The standard InChI is InChI=1S/C13H19F3N2O/c1-9(17)13(10-4-2-3-5-11(10)14)18(6-7-19)8-12(15)16/h2-5,9,12-13,19H,6-8,17H2,1H3. The van der Waals surface area contributed by atoms with Crippen molar-refractivity contribution in [2.45, 2.75) is 25.4 Å². The van der Waals surface area contributed by atoms with E-state index in [1.54, 1.807) is 13.0 Å². The van der Waals surface area contributed by atoms with Gasteiger partial charge in [-0.3, -0.25) is 4.90 Å². The zero-order chi connectivity index (χ0) is 14.4. The van der Waals surface area contributed by atoms with Crippen LogP contribution in [0.5, 0.6) is 0 Å². The summed E-state index contributed by atoms with van der Waals surface area (Å²) in [6, 6.07) is 4.72. The predicted molar refractivity (Wildman–Crippen MR) is 67.5 cm³/mol. The number of alkyl halides is 2. The van der Waals surface area contributed by atoms with E-state index in [-0.39, 0.29) is 18.7 Å². The normalized spacial score (nSPS) is 14.9. The molecule has 0 aliphatic rings. The Morgan fingerprint density at radius 1 is 1.32 bits per heavy atom. The lowest BCUT2D eigenvalue weighted by molar-refractivity contribution is 0.0477. The molecule has 108 valence electrons. The van der Waals surface area contributed by atoms with Gasteiger partial charge in [-0.05, 0) is 13.0 Å². The third-order valence-corrected chi connectivity index (χ3v) is 2.88. The van der Waals surface area contributed by atoms with Crippen molar-refractivity contribution in [1.82, 2.24) is 4.90 Å². The van der Waals surface area contributed by atoms with E-state index in [1.807, 2.05) is 0 Å². The Labute approximate surface area is 110 Å². The second-order valence-corrected chi connectivity index (χ2v) is 4.44. The lowest BCUT2D eigenvalue weighted by atomic mass is 9.98. The molecule has 0 aliphatic carbocycles. The Morgan fingerprint density at radius 3 is 2.42 bits per heavy atom. The molecule has 6 heteroatoms. The highest BCUT2D eigenvalue weighted by molar-refractivity contribution is 5.22. The molecule has 19 heavy (non-hydrogen) atoms. The maximum absolute atomic E-state index is 13.8. The Balaban J connectivity index is 3.06. The quantitative estimate of drug-likeness (QED) is 0.798. The lowest BCUT2D eigenvalue weighted by Crippen LogP contribution is -2.43. The summed E-state index contributed by atoms with van der Waals surface area (Å²) in [5.41, 5.74) is 6.08. The number of halogens is 3. The molecule has 1 rings (SSSR count). The average molecular weight is 276 g/mol. The number of benzene rings is 1. The monoisotopic (exact) mass is 276 g/mol. The lowest BCUT2D eigenvalue weighted by Gasteiger charge is -2.34. The van der Waals surface area contributed by atoms with Crippen LogP contribution in [0.15, 0.2) is 24.3 Å². The SMILES string of the molecule is CC(N)C(c1ccccc1F)N(CCO)CC(F)F. The molecule has 0 bridgehead atoms. The van der Waals surface area contributed by atoms with Gasteiger partial charge < -0.3 is 10.8 Å². The molecule has 1 aromatic rings. The number of rotatable bonds is 7.